The molecule has 0 spiro atoms. The third-order valence-electron chi connectivity index (χ3n) is 3.51. The molecular formula is C14H21NS. The molecule has 0 aromatic heterocycles. The number of benzene rings is 1. The molecule has 0 N–H and O–H groups in total. The third kappa shape index (κ3) is 2.54. The number of nitrogens with zero attached hydrogens (tertiary/aromatic N) is 1. The van der Waals surface area contributed by atoms with Gasteiger partial charge in [0.2, 0.25) is 0 Å². The summed E-state index contributed by atoms with van der Waals surface area (Å²) < 4.78 is 0. The molecule has 88 valence electrons. The summed E-state index contributed by atoms with van der Waals surface area (Å²) in [4.78, 5) is 2.38. The largest absolute Gasteiger partial charge is 0.374 e. The van der Waals surface area contributed by atoms with Crippen molar-refractivity contribution >= 4 is 18.3 Å². The van der Waals surface area contributed by atoms with Crippen LogP contribution in [0.3, 0.4) is 0 Å². The first-order valence-corrected chi connectivity index (χ1v) is 6.58. The van der Waals surface area contributed by atoms with Crippen LogP contribution in [-0.2, 0) is 0 Å². The van der Waals surface area contributed by atoms with Gasteiger partial charge in [-0.05, 0) is 61.1 Å². The molecule has 0 bridgehead atoms. The molecule has 1 saturated carbocycles. The van der Waals surface area contributed by atoms with E-state index in [1.54, 1.807) is 0 Å². The third-order valence-corrected chi connectivity index (χ3v) is 4.18. The van der Waals surface area contributed by atoms with Crippen LogP contribution < -0.4 is 4.90 Å². The Labute approximate surface area is 104 Å². The van der Waals surface area contributed by atoms with Gasteiger partial charge in [0.1, 0.15) is 0 Å². The Kier molecular flexibility index (Phi) is 3.20. The van der Waals surface area contributed by atoms with Crippen molar-refractivity contribution in [2.45, 2.75) is 26.7 Å². The topological polar surface area (TPSA) is 3.24 Å². The van der Waals surface area contributed by atoms with Gasteiger partial charge in [-0.25, -0.2) is 0 Å². The molecule has 0 aliphatic heterocycles. The zero-order valence-electron chi connectivity index (χ0n) is 10.5. The monoisotopic (exact) mass is 235 g/mol. The fourth-order valence-electron chi connectivity index (χ4n) is 2.31. The first-order chi connectivity index (χ1) is 7.54. The summed E-state index contributed by atoms with van der Waals surface area (Å²) in [5.41, 5.74) is 4.52. The zero-order chi connectivity index (χ0) is 11.8. The maximum atomic E-state index is 4.46. The van der Waals surface area contributed by atoms with Crippen molar-refractivity contribution in [3.05, 3.63) is 29.3 Å². The Morgan fingerprint density at radius 1 is 1.19 bits per heavy atom. The molecule has 1 aliphatic rings. The minimum absolute atomic E-state index is 0.496. The molecule has 0 atom stereocenters. The molecule has 0 heterocycles. The predicted octanol–water partition coefficient (Wildman–Crippen LogP) is 3.45. The summed E-state index contributed by atoms with van der Waals surface area (Å²) in [5, 5.41) is 0. The zero-order valence-corrected chi connectivity index (χ0v) is 11.3. The quantitative estimate of drug-likeness (QED) is 0.782. The van der Waals surface area contributed by atoms with E-state index in [2.05, 4.69) is 56.6 Å². The van der Waals surface area contributed by atoms with Crippen LogP contribution in [0.15, 0.2) is 18.2 Å². The van der Waals surface area contributed by atoms with Gasteiger partial charge in [0, 0.05) is 19.3 Å². The van der Waals surface area contributed by atoms with E-state index in [0.29, 0.717) is 5.41 Å². The highest BCUT2D eigenvalue weighted by Gasteiger charge is 2.42. The van der Waals surface area contributed by atoms with Crippen LogP contribution in [0.25, 0.3) is 0 Å². The van der Waals surface area contributed by atoms with Crippen LogP contribution in [-0.4, -0.2) is 19.3 Å². The number of hydrogen-bond donors (Lipinski definition) is 1. The van der Waals surface area contributed by atoms with E-state index in [4.69, 9.17) is 0 Å². The Morgan fingerprint density at radius 2 is 1.75 bits per heavy atom. The Balaban J connectivity index is 2.11. The molecule has 1 aliphatic carbocycles. The fourth-order valence-corrected chi connectivity index (χ4v) is 2.72. The van der Waals surface area contributed by atoms with Crippen molar-refractivity contribution in [3.8, 4) is 0 Å². The summed E-state index contributed by atoms with van der Waals surface area (Å²) >= 11 is 4.46. The molecule has 2 rings (SSSR count). The van der Waals surface area contributed by atoms with Gasteiger partial charge in [-0.2, -0.15) is 12.6 Å². The first-order valence-electron chi connectivity index (χ1n) is 5.95. The molecule has 1 aromatic carbocycles. The van der Waals surface area contributed by atoms with Crippen molar-refractivity contribution in [1.82, 2.24) is 0 Å². The fraction of sp³-hybridized carbons (Fsp3) is 0.571. The second kappa shape index (κ2) is 4.33. The van der Waals surface area contributed by atoms with E-state index >= 15 is 0 Å². The number of aryl methyl sites for hydroxylation is 2. The minimum Gasteiger partial charge on any atom is -0.374 e. The molecule has 1 aromatic rings. The van der Waals surface area contributed by atoms with Gasteiger partial charge in [-0.15, -0.1) is 0 Å². The summed E-state index contributed by atoms with van der Waals surface area (Å²) in [7, 11) is 2.19. The molecular weight excluding hydrogens is 214 g/mol. The lowest BCUT2D eigenvalue weighted by Gasteiger charge is -2.25. The molecule has 0 amide bonds. The highest BCUT2D eigenvalue weighted by atomic mass is 32.1. The molecule has 1 fully saturated rings. The van der Waals surface area contributed by atoms with Gasteiger partial charge >= 0.3 is 0 Å². The number of thiol groups is 1. The molecule has 2 heteroatoms. The average molecular weight is 235 g/mol. The van der Waals surface area contributed by atoms with E-state index in [0.717, 1.165) is 12.3 Å². The molecule has 16 heavy (non-hydrogen) atoms. The minimum atomic E-state index is 0.496. The average Bonchev–Trinajstić information content (AvgIpc) is 2.97. The van der Waals surface area contributed by atoms with E-state index in [9.17, 15) is 0 Å². The highest BCUT2D eigenvalue weighted by molar-refractivity contribution is 7.80. The van der Waals surface area contributed by atoms with E-state index in [1.165, 1.54) is 29.7 Å². The van der Waals surface area contributed by atoms with Gasteiger partial charge in [0.15, 0.2) is 0 Å². The Bertz CT molecular complexity index is 362. The van der Waals surface area contributed by atoms with Crippen LogP contribution in [0.1, 0.15) is 24.0 Å². The number of hydrogen-bond acceptors (Lipinski definition) is 2. The Morgan fingerprint density at radius 3 is 2.19 bits per heavy atom. The van der Waals surface area contributed by atoms with Gasteiger partial charge in [0.25, 0.3) is 0 Å². The molecule has 0 radical (unpaired) electrons. The second-order valence-electron chi connectivity index (χ2n) is 5.36. The first kappa shape index (κ1) is 11.8. The van der Waals surface area contributed by atoms with Gasteiger partial charge in [-0.3, -0.25) is 0 Å². The summed E-state index contributed by atoms with van der Waals surface area (Å²) in [6, 6.07) is 6.76. The lowest BCUT2D eigenvalue weighted by molar-refractivity contribution is 0.581. The summed E-state index contributed by atoms with van der Waals surface area (Å²) in [6.45, 7) is 5.46. The SMILES string of the molecule is Cc1cc(C)cc(N(C)CC2(CS)CC2)c1. The van der Waals surface area contributed by atoms with Gasteiger partial charge in [-0.1, -0.05) is 6.07 Å². The van der Waals surface area contributed by atoms with Crippen molar-refractivity contribution in [1.29, 1.82) is 0 Å². The lowest BCUT2D eigenvalue weighted by atomic mass is 10.1. The molecule has 0 saturated heterocycles. The molecule has 1 nitrogen and oxygen atoms in total. The van der Waals surface area contributed by atoms with Crippen molar-refractivity contribution in [2.24, 2.45) is 5.41 Å². The number of anilines is 1. The van der Waals surface area contributed by atoms with Crippen LogP contribution in [0.4, 0.5) is 5.69 Å². The Hall–Kier alpha value is -0.630. The van der Waals surface area contributed by atoms with Crippen LogP contribution in [0.2, 0.25) is 0 Å². The summed E-state index contributed by atoms with van der Waals surface area (Å²) in [5.74, 6) is 1.02. The van der Waals surface area contributed by atoms with Crippen LogP contribution >= 0.6 is 12.6 Å². The standard InChI is InChI=1S/C14H21NS/c1-11-6-12(2)8-13(7-11)15(3)9-14(10-16)4-5-14/h6-8,16H,4-5,9-10H2,1-3H3. The number of rotatable bonds is 4. The van der Waals surface area contributed by atoms with Crippen LogP contribution in [0.5, 0.6) is 0 Å². The smallest absolute Gasteiger partial charge is 0.0369 e. The highest BCUT2D eigenvalue weighted by Crippen LogP contribution is 2.47. The predicted molar refractivity (Wildman–Crippen MR) is 74.7 cm³/mol. The van der Waals surface area contributed by atoms with Crippen molar-refractivity contribution in [2.75, 3.05) is 24.2 Å². The normalized spacial score (nSPS) is 17.2. The van der Waals surface area contributed by atoms with Crippen LogP contribution in [0, 0.1) is 19.3 Å². The van der Waals surface area contributed by atoms with E-state index in [1.807, 2.05) is 0 Å². The van der Waals surface area contributed by atoms with E-state index in [-0.39, 0.29) is 0 Å². The van der Waals surface area contributed by atoms with Gasteiger partial charge in [0.05, 0.1) is 0 Å². The lowest BCUT2D eigenvalue weighted by Crippen LogP contribution is -2.27. The maximum Gasteiger partial charge on any atom is 0.0369 e. The van der Waals surface area contributed by atoms with Crippen molar-refractivity contribution < 1.29 is 0 Å². The van der Waals surface area contributed by atoms with E-state index < -0.39 is 0 Å². The second-order valence-corrected chi connectivity index (χ2v) is 5.68. The van der Waals surface area contributed by atoms with Gasteiger partial charge < -0.3 is 4.90 Å². The molecule has 0 unspecified atom stereocenters. The van der Waals surface area contributed by atoms with Crippen molar-refractivity contribution in [3.63, 3.8) is 0 Å². The summed E-state index contributed by atoms with van der Waals surface area (Å²) in [6.07, 6.45) is 2.68. The maximum absolute atomic E-state index is 4.46.